The molecule has 0 atom stereocenters. The molecular weight excluding hydrogens is 500 g/mol. The number of imidazole rings is 1. The van der Waals surface area contributed by atoms with E-state index in [1.807, 2.05) is 47.6 Å². The number of hydrogen-bond donors (Lipinski definition) is 0. The first-order valence-electron chi connectivity index (χ1n) is 12.1. The largest absolute Gasteiger partial charge is 2.00 e. The summed E-state index contributed by atoms with van der Waals surface area (Å²) in [5.74, 6) is 1.77. The Balaban J connectivity index is -0.000000679. The zero-order chi connectivity index (χ0) is 25.4. The van der Waals surface area contributed by atoms with Gasteiger partial charge in [0, 0.05) is 0 Å². The maximum absolute atomic E-state index is 5.29. The van der Waals surface area contributed by atoms with Gasteiger partial charge in [-0.2, -0.15) is 0 Å². The van der Waals surface area contributed by atoms with Crippen LogP contribution in [0.1, 0.15) is 72.4 Å². The van der Waals surface area contributed by atoms with Crippen molar-refractivity contribution in [3.05, 3.63) is 116 Å². The molecule has 3 aromatic rings. The van der Waals surface area contributed by atoms with E-state index in [2.05, 4.69) is 104 Å². The summed E-state index contributed by atoms with van der Waals surface area (Å²) < 4.78 is 4.54. The minimum Gasteiger partial charge on any atom is -0.358 e. The minimum atomic E-state index is 0. The number of rotatable bonds is 5. The Kier molecular flexibility index (Phi) is 23.6. The summed E-state index contributed by atoms with van der Waals surface area (Å²) in [6.45, 7) is 26.1. The van der Waals surface area contributed by atoms with Gasteiger partial charge >= 0.3 is 45.5 Å². The summed E-state index contributed by atoms with van der Waals surface area (Å²) in [6.07, 6.45) is 6.13. The third-order valence-electron chi connectivity index (χ3n) is 4.57. The molecule has 1 heterocycles. The van der Waals surface area contributed by atoms with E-state index >= 15 is 0 Å². The zero-order valence-corrected chi connectivity index (χ0v) is 27.6. The van der Waals surface area contributed by atoms with Crippen molar-refractivity contribution in [2.75, 3.05) is 0 Å². The second-order valence-corrected chi connectivity index (χ2v) is 7.82. The van der Waals surface area contributed by atoms with E-state index in [1.54, 1.807) is 0 Å². The molecule has 0 amide bonds. The van der Waals surface area contributed by atoms with Crippen molar-refractivity contribution in [1.82, 2.24) is 4.57 Å². The minimum absolute atomic E-state index is 0. The van der Waals surface area contributed by atoms with Crippen LogP contribution in [0, 0.1) is 20.9 Å². The van der Waals surface area contributed by atoms with Gasteiger partial charge in [0.1, 0.15) is 18.9 Å². The molecule has 0 radical (unpaired) electrons. The van der Waals surface area contributed by atoms with Crippen molar-refractivity contribution in [1.29, 1.82) is 0 Å². The second kappa shape index (κ2) is 21.7. The van der Waals surface area contributed by atoms with E-state index in [9.17, 15) is 0 Å². The second-order valence-electron chi connectivity index (χ2n) is 7.82. The van der Waals surface area contributed by atoms with Crippen LogP contribution in [0.4, 0.5) is 0 Å². The zero-order valence-electron chi connectivity index (χ0n) is 24.1. The van der Waals surface area contributed by atoms with Crippen LogP contribution < -0.4 is 4.57 Å². The molecule has 0 saturated carbocycles. The standard InChI is InChI=1S/C20H23N2.C7H10.2C2H6.CH3.Sr/c1-16(2)18-11-7-8-12-19(18)20-21(3)13-14-22(20)15-17-9-5-4-6-10-17;1-6(2)5-7(3)4;2*1-2;;/h4-14,16H,15H2,1-3H3;1,5H,3H2,2,4H3;2*1-2H3;1H3;/q+1;-2;;;-1;+2/b;7-5+;;;;. The van der Waals surface area contributed by atoms with E-state index in [0.29, 0.717) is 5.92 Å². The molecule has 0 aliphatic rings. The van der Waals surface area contributed by atoms with Crippen LogP contribution in [0.3, 0.4) is 0 Å². The maximum Gasteiger partial charge on any atom is 2.00 e. The third-order valence-corrected chi connectivity index (χ3v) is 4.57. The summed E-state index contributed by atoms with van der Waals surface area (Å²) in [6, 6.07) is 19.3. The Morgan fingerprint density at radius 2 is 1.49 bits per heavy atom. The summed E-state index contributed by atoms with van der Waals surface area (Å²) in [5, 5.41) is 0. The van der Waals surface area contributed by atoms with E-state index < -0.39 is 0 Å². The van der Waals surface area contributed by atoms with Crippen LogP contribution in [0.15, 0.2) is 84.2 Å². The van der Waals surface area contributed by atoms with Crippen molar-refractivity contribution < 1.29 is 4.57 Å². The van der Waals surface area contributed by atoms with E-state index in [0.717, 1.165) is 17.7 Å². The van der Waals surface area contributed by atoms with Gasteiger partial charge in [-0.05, 0) is 23.1 Å². The van der Waals surface area contributed by atoms with E-state index in [-0.39, 0.29) is 52.9 Å². The molecule has 0 spiro atoms. The molecule has 0 N–H and O–H groups in total. The number of benzene rings is 2. The van der Waals surface area contributed by atoms with E-state index in [4.69, 9.17) is 6.58 Å². The summed E-state index contributed by atoms with van der Waals surface area (Å²) in [7, 11) is 2.12. The van der Waals surface area contributed by atoms with Gasteiger partial charge in [-0.1, -0.05) is 104 Å². The Morgan fingerprint density at radius 1 is 0.971 bits per heavy atom. The molecule has 0 aliphatic heterocycles. The molecule has 1 aromatic heterocycles. The quantitative estimate of drug-likeness (QED) is 0.131. The summed E-state index contributed by atoms with van der Waals surface area (Å²) in [4.78, 5) is 0. The molecule has 0 unspecified atom stereocenters. The fraction of sp³-hybridized carbons (Fsp3) is 0.344. The molecule has 0 aliphatic carbocycles. The average molecular weight is 548 g/mol. The van der Waals surface area contributed by atoms with Gasteiger partial charge in [-0.3, -0.25) is 6.58 Å². The maximum atomic E-state index is 5.29. The topological polar surface area (TPSA) is 8.81 Å². The van der Waals surface area contributed by atoms with Crippen molar-refractivity contribution in [2.45, 2.75) is 67.9 Å². The van der Waals surface area contributed by atoms with Crippen molar-refractivity contribution >= 4 is 45.5 Å². The van der Waals surface area contributed by atoms with Crippen LogP contribution in [-0.2, 0) is 13.6 Å². The van der Waals surface area contributed by atoms with Crippen LogP contribution >= 0.6 is 0 Å². The van der Waals surface area contributed by atoms with Gasteiger partial charge < -0.3 is 7.43 Å². The first kappa shape index (κ1) is 38.0. The number of nitrogens with zero attached hydrogens (tertiary/aromatic N) is 2. The predicted octanol–water partition coefficient (Wildman–Crippen LogP) is 8.42. The smallest absolute Gasteiger partial charge is 0.358 e. The number of allylic oxidation sites excluding steroid dienone is 3. The molecule has 188 valence electrons. The summed E-state index contributed by atoms with van der Waals surface area (Å²) >= 11 is 0. The van der Waals surface area contributed by atoms with Crippen LogP contribution in [0.25, 0.3) is 11.4 Å². The fourth-order valence-electron chi connectivity index (χ4n) is 3.37. The van der Waals surface area contributed by atoms with Gasteiger partial charge in [-0.25, -0.2) is 33.3 Å². The Morgan fingerprint density at radius 3 is 1.94 bits per heavy atom. The Bertz CT molecular complexity index is 962. The number of aromatic nitrogens is 2. The molecule has 3 heteroatoms. The van der Waals surface area contributed by atoms with Crippen LogP contribution in [0.2, 0.25) is 0 Å². The Hall–Kier alpha value is -1.52. The molecule has 0 saturated heterocycles. The number of aryl methyl sites for hydroxylation is 1. The van der Waals surface area contributed by atoms with Gasteiger partial charge in [0.15, 0.2) is 0 Å². The Labute approximate surface area is 255 Å². The van der Waals surface area contributed by atoms with Crippen molar-refractivity contribution in [3.63, 3.8) is 0 Å². The van der Waals surface area contributed by atoms with Crippen molar-refractivity contribution in [2.24, 2.45) is 7.05 Å². The SMILES string of the molecule is CC.CC.CC(C)c1ccccc1-c1n(Cc2ccccc2)cc[n+]1C.[CH-]=C(C)/C=C(\[CH2-])C.[CH3-].[Sr+2]. The molecular formula is C32H48N2Sr. The van der Waals surface area contributed by atoms with Crippen LogP contribution in [0.5, 0.6) is 0 Å². The third kappa shape index (κ3) is 14.0. The predicted molar refractivity (Wildman–Crippen MR) is 158 cm³/mol. The van der Waals surface area contributed by atoms with Crippen molar-refractivity contribution in [3.8, 4) is 11.4 Å². The van der Waals surface area contributed by atoms with Crippen LogP contribution in [-0.4, -0.2) is 50.0 Å². The van der Waals surface area contributed by atoms with Gasteiger partial charge in [0.2, 0.25) is 0 Å². The first-order valence-corrected chi connectivity index (χ1v) is 12.1. The molecule has 0 bridgehead atoms. The van der Waals surface area contributed by atoms with E-state index in [1.165, 1.54) is 22.5 Å². The molecule has 2 nitrogen and oxygen atoms in total. The van der Waals surface area contributed by atoms with Gasteiger partial charge in [-0.15, -0.1) is 0 Å². The fourth-order valence-corrected chi connectivity index (χ4v) is 3.37. The first-order chi connectivity index (χ1) is 15.8. The number of hydrogen-bond acceptors (Lipinski definition) is 0. The molecule has 3 rings (SSSR count). The normalized spacial score (nSPS) is 9.60. The summed E-state index contributed by atoms with van der Waals surface area (Å²) in [5.41, 5.74) is 5.85. The molecule has 2 aromatic carbocycles. The average Bonchev–Trinajstić information content (AvgIpc) is 3.16. The molecule has 35 heavy (non-hydrogen) atoms. The van der Waals surface area contributed by atoms with Gasteiger partial charge in [0.05, 0.1) is 12.6 Å². The van der Waals surface area contributed by atoms with Gasteiger partial charge in [0.25, 0.3) is 5.82 Å². The molecule has 0 fully saturated rings. The monoisotopic (exact) mass is 548 g/mol.